The molecule has 0 unspecified atom stereocenters. The molecular formula is C88H104N8+8. The number of rotatable bonds is 8. The Morgan fingerprint density at radius 2 is 0.521 bits per heavy atom. The van der Waals surface area contributed by atoms with E-state index in [0.717, 1.165) is 33.8 Å². The summed E-state index contributed by atoms with van der Waals surface area (Å²) < 4.78 is 41.0. The van der Waals surface area contributed by atoms with E-state index in [1.165, 1.54) is 140 Å². The highest BCUT2D eigenvalue weighted by Crippen LogP contribution is 2.31. The van der Waals surface area contributed by atoms with Crippen LogP contribution in [-0.4, -0.2) is 0 Å². The lowest BCUT2D eigenvalue weighted by Gasteiger charge is -2.11. The number of hydrogen-bond donors (Lipinski definition) is 0. The van der Waals surface area contributed by atoms with Gasteiger partial charge in [-0.25, -0.2) is 0 Å². The first-order chi connectivity index (χ1) is 46.7. The molecule has 8 aromatic heterocycles. The smallest absolute Gasteiger partial charge is 0.196 e. The zero-order chi connectivity index (χ0) is 72.2. The van der Waals surface area contributed by atoms with Crippen molar-refractivity contribution in [3.05, 3.63) is 284 Å². The highest BCUT2D eigenvalue weighted by Gasteiger charge is 2.29. The molecule has 96 heavy (non-hydrogen) atoms. The van der Waals surface area contributed by atoms with Gasteiger partial charge < -0.3 is 0 Å². The molecule has 0 saturated carbocycles. The van der Waals surface area contributed by atoms with E-state index in [4.69, 9.17) is 4.11 Å². The minimum absolute atomic E-state index is 0.425. The summed E-state index contributed by atoms with van der Waals surface area (Å²) in [6, 6.07) is 60.8. The van der Waals surface area contributed by atoms with Gasteiger partial charge in [0.25, 0.3) is 45.6 Å². The molecule has 8 heterocycles. The van der Waals surface area contributed by atoms with Crippen LogP contribution in [0.1, 0.15) is 93.1 Å². The highest BCUT2D eigenvalue weighted by molar-refractivity contribution is 5.69. The number of aromatic nitrogens is 8. The Bertz CT molecular complexity index is 5060. The molecule has 0 aliphatic carbocycles. The van der Waals surface area contributed by atoms with Gasteiger partial charge in [-0.2, -0.15) is 36.5 Å². The number of benzene rings is 4. The topological polar surface area (TPSA) is 31.0 Å². The second-order valence-electron chi connectivity index (χ2n) is 27.0. The van der Waals surface area contributed by atoms with Crippen molar-refractivity contribution < 1.29 is 40.6 Å². The third-order valence-corrected chi connectivity index (χ3v) is 19.3. The van der Waals surface area contributed by atoms with E-state index >= 15 is 0 Å². The predicted molar refractivity (Wildman–Crippen MR) is 394 cm³/mol. The second-order valence-corrected chi connectivity index (χ2v) is 27.0. The van der Waals surface area contributed by atoms with E-state index in [1.807, 2.05) is 51.4 Å². The Hall–Kier alpha value is -9.92. The Labute approximate surface area is 578 Å². The monoisotopic (exact) mass is 1280 g/mol. The van der Waals surface area contributed by atoms with Crippen LogP contribution >= 0.6 is 0 Å². The van der Waals surface area contributed by atoms with Gasteiger partial charge in [-0.3, -0.25) is 0 Å². The number of pyridine rings is 8. The fraction of sp³-hybridized carbons (Fsp3) is 0.273. The van der Waals surface area contributed by atoms with Gasteiger partial charge in [0.05, 0.1) is 0 Å². The Kier molecular flexibility index (Phi) is 20.5. The lowest BCUT2D eigenvalue weighted by Crippen LogP contribution is -2.40. The summed E-state index contributed by atoms with van der Waals surface area (Å²) in [7, 11) is 16.9. The van der Waals surface area contributed by atoms with Crippen LogP contribution in [0.25, 0.3) is 90.6 Å². The Balaban J connectivity index is 0.000000154. The summed E-state index contributed by atoms with van der Waals surface area (Å²) in [5, 5.41) is 0. The molecule has 0 radical (unpaired) electrons. The molecule has 12 aromatic rings. The summed E-state index contributed by atoms with van der Waals surface area (Å²) in [5.74, 6) is 0. The van der Waals surface area contributed by atoms with Crippen LogP contribution in [0.5, 0.6) is 0 Å². The molecule has 4 aromatic carbocycles. The maximum Gasteiger partial charge on any atom is 0.277 e. The van der Waals surface area contributed by atoms with Crippen LogP contribution in [0.4, 0.5) is 0 Å². The van der Waals surface area contributed by atoms with E-state index < -0.39 is 6.85 Å². The van der Waals surface area contributed by atoms with Crippen LogP contribution < -0.4 is 36.5 Å². The summed E-state index contributed by atoms with van der Waals surface area (Å²) >= 11 is 0. The molecule has 488 valence electrons. The number of aryl methyl sites for hydroxylation is 20. The normalized spacial score (nSPS) is 11.5. The van der Waals surface area contributed by atoms with Gasteiger partial charge in [0.2, 0.25) is 22.8 Å². The summed E-state index contributed by atoms with van der Waals surface area (Å²) in [6.07, 6.45) is 8.43. The van der Waals surface area contributed by atoms with Gasteiger partial charge in [-0.15, -0.1) is 0 Å². The molecule has 0 fully saturated rings. The third kappa shape index (κ3) is 15.4. The van der Waals surface area contributed by atoms with E-state index in [-0.39, 0.29) is 0 Å². The zero-order valence-corrected chi connectivity index (χ0v) is 61.6. The van der Waals surface area contributed by atoms with Gasteiger partial charge in [-0.1, -0.05) is 24.3 Å². The Morgan fingerprint density at radius 1 is 0.208 bits per heavy atom. The van der Waals surface area contributed by atoms with E-state index in [2.05, 4.69) is 340 Å². The molecule has 0 aliphatic rings. The number of nitrogens with zero attached hydrogens (tertiary/aromatic N) is 8. The molecule has 0 spiro atoms. The molecule has 0 amide bonds. The van der Waals surface area contributed by atoms with Crippen molar-refractivity contribution >= 4 is 0 Å². The van der Waals surface area contributed by atoms with Gasteiger partial charge in [0.1, 0.15) is 56.4 Å². The minimum Gasteiger partial charge on any atom is -0.196 e. The first-order valence-corrected chi connectivity index (χ1v) is 33.4. The van der Waals surface area contributed by atoms with Crippen molar-refractivity contribution in [2.45, 2.75) is 111 Å². The van der Waals surface area contributed by atoms with Crippen LogP contribution in [0, 0.1) is 111 Å². The summed E-state index contributed by atoms with van der Waals surface area (Å²) in [5.41, 5.74) is 38.5. The van der Waals surface area contributed by atoms with Crippen molar-refractivity contribution in [2.24, 2.45) is 56.4 Å². The van der Waals surface area contributed by atoms with Crippen molar-refractivity contribution in [3.63, 3.8) is 0 Å². The average molecular weight is 1280 g/mol. The van der Waals surface area contributed by atoms with Crippen molar-refractivity contribution in [1.29, 1.82) is 0 Å². The van der Waals surface area contributed by atoms with Crippen molar-refractivity contribution in [3.8, 4) is 90.6 Å². The highest BCUT2D eigenvalue weighted by atomic mass is 15.0. The lowest BCUT2D eigenvalue weighted by atomic mass is 9.97. The van der Waals surface area contributed by atoms with Gasteiger partial charge in [0.15, 0.2) is 24.8 Å². The van der Waals surface area contributed by atoms with Crippen LogP contribution in [0.3, 0.4) is 0 Å². The standard InChI is InChI=1S/4C22H26N2/c1-15-10-11-21(23(5)14-15)22-9-7-8-20(24(22)6)19-13-17(3)16(2)12-18(19)4;1-15-10-11-23(5)22(12-15)21-9-7-8-20(24(21)6)19-14-17(3)16(2)13-18(19)4;2*1-15-11-21(19-14-17(3)16(2)13-18(19)4)24(6)22(12-15)20-9-7-8-10-23(20)5/h4*7-14H,1-6H3/q4*+2/i;;2D3;. The summed E-state index contributed by atoms with van der Waals surface area (Å²) in [4.78, 5) is 0. The van der Waals surface area contributed by atoms with E-state index in [0.29, 0.717) is 5.56 Å². The van der Waals surface area contributed by atoms with Crippen LogP contribution in [0.2, 0.25) is 0 Å². The summed E-state index contributed by atoms with van der Waals surface area (Å²) in [6.45, 7) is 30.0. The number of hydrogen-bond acceptors (Lipinski definition) is 0. The van der Waals surface area contributed by atoms with Crippen molar-refractivity contribution in [2.75, 3.05) is 0 Å². The SMILES string of the molecule is Cc1cc(-c2cc(C)c(C)cc2C)[n+](C)c(-c2cccc[n+]2C)c1.Cc1cc[n+](C)c(-c2cccc(-c3cc(C)c(C)cc3C)[n+]2C)c1.Cc1ccc(-c2cccc(-c3cc(C)c(C)cc3C)[n+]2C)[n+](C)c1.[2H]C([2H])([2H])c1cc(C)c(-c2cc(C)cc(-c3cccc[n+]3C)[n+]2C)cc1C. The molecule has 0 atom stereocenters. The Morgan fingerprint density at radius 3 is 0.927 bits per heavy atom. The van der Waals surface area contributed by atoms with Gasteiger partial charge >= 0.3 is 0 Å². The molecule has 8 nitrogen and oxygen atoms in total. The van der Waals surface area contributed by atoms with Crippen molar-refractivity contribution in [1.82, 2.24) is 0 Å². The molecular weight excluding hydrogens is 1170 g/mol. The first-order valence-electron chi connectivity index (χ1n) is 34.9. The largest absolute Gasteiger partial charge is 0.277 e. The molecule has 0 saturated heterocycles. The van der Waals surface area contributed by atoms with E-state index in [1.54, 1.807) is 0 Å². The quantitative estimate of drug-likeness (QED) is 0.136. The second kappa shape index (κ2) is 29.8. The lowest BCUT2D eigenvalue weighted by molar-refractivity contribution is -0.685. The minimum atomic E-state index is -2.09. The van der Waals surface area contributed by atoms with Gasteiger partial charge in [0, 0.05) is 123 Å². The molecule has 0 bridgehead atoms. The maximum absolute atomic E-state index is 7.76. The maximum atomic E-state index is 7.76. The fourth-order valence-corrected chi connectivity index (χ4v) is 13.1. The first kappa shape index (κ1) is 66.1. The predicted octanol–water partition coefficient (Wildman–Crippen LogP) is 15.6. The molecule has 0 aliphatic heterocycles. The molecule has 8 heteroatoms. The third-order valence-electron chi connectivity index (χ3n) is 19.3. The fourth-order valence-electron chi connectivity index (χ4n) is 13.1. The van der Waals surface area contributed by atoms with Gasteiger partial charge in [-0.05, 0) is 249 Å². The van der Waals surface area contributed by atoms with Crippen LogP contribution in [-0.2, 0) is 56.4 Å². The zero-order valence-electron chi connectivity index (χ0n) is 64.6. The molecule has 0 N–H and O–H groups in total. The van der Waals surface area contributed by atoms with Crippen LogP contribution in [0.15, 0.2) is 195 Å². The average Bonchev–Trinajstić information content (AvgIpc) is 0.799. The van der Waals surface area contributed by atoms with E-state index in [9.17, 15) is 0 Å². The molecule has 12 rings (SSSR count).